The number of nitrogens with zero attached hydrogens (tertiary/aromatic N) is 1. The van der Waals surface area contributed by atoms with Crippen molar-refractivity contribution in [1.82, 2.24) is 10.2 Å². The van der Waals surface area contributed by atoms with E-state index < -0.39 is 6.04 Å². The number of aryl methyl sites for hydroxylation is 1. The van der Waals surface area contributed by atoms with E-state index in [9.17, 15) is 9.59 Å². The van der Waals surface area contributed by atoms with E-state index >= 15 is 0 Å². The molecule has 3 aromatic rings. The topological polar surface area (TPSA) is 49.4 Å². The number of carbonyl (C=O) groups excluding carboxylic acids is 2. The van der Waals surface area contributed by atoms with Crippen molar-refractivity contribution in [3.8, 4) is 0 Å². The van der Waals surface area contributed by atoms with Gasteiger partial charge in [0, 0.05) is 24.9 Å². The molecule has 1 unspecified atom stereocenters. The van der Waals surface area contributed by atoms with E-state index in [1.54, 1.807) is 4.90 Å². The van der Waals surface area contributed by atoms with E-state index in [2.05, 4.69) is 48.6 Å². The summed E-state index contributed by atoms with van der Waals surface area (Å²) in [6.45, 7) is 4.33. The van der Waals surface area contributed by atoms with E-state index in [1.165, 1.54) is 12.0 Å². The normalized spacial score (nSPS) is 14.9. The molecule has 4 nitrogen and oxygen atoms in total. The summed E-state index contributed by atoms with van der Waals surface area (Å²) in [5.41, 5.74) is 4.41. The van der Waals surface area contributed by atoms with E-state index in [0.717, 1.165) is 42.4 Å². The van der Waals surface area contributed by atoms with Gasteiger partial charge in [-0.05, 0) is 43.4 Å². The zero-order valence-corrected chi connectivity index (χ0v) is 21.5. The Balaban J connectivity index is 1.58. The Morgan fingerprint density at radius 2 is 1.39 bits per heavy atom. The van der Waals surface area contributed by atoms with Gasteiger partial charge in [-0.15, -0.1) is 0 Å². The molecule has 1 aliphatic carbocycles. The fourth-order valence-corrected chi connectivity index (χ4v) is 5.13. The summed E-state index contributed by atoms with van der Waals surface area (Å²) in [4.78, 5) is 29.0. The van der Waals surface area contributed by atoms with Gasteiger partial charge in [-0.3, -0.25) is 9.59 Å². The second kappa shape index (κ2) is 12.5. The van der Waals surface area contributed by atoms with Crippen LogP contribution >= 0.6 is 0 Å². The van der Waals surface area contributed by atoms with Crippen LogP contribution in [0, 0.1) is 6.92 Å². The van der Waals surface area contributed by atoms with Gasteiger partial charge in [0.15, 0.2) is 0 Å². The molecule has 4 rings (SSSR count). The summed E-state index contributed by atoms with van der Waals surface area (Å²) in [6.07, 6.45) is 5.90. The predicted molar refractivity (Wildman–Crippen MR) is 146 cm³/mol. The molecule has 0 aliphatic heterocycles. The maximum Gasteiger partial charge on any atom is 0.242 e. The molecule has 36 heavy (non-hydrogen) atoms. The monoisotopic (exact) mass is 482 g/mol. The molecule has 4 heteroatoms. The van der Waals surface area contributed by atoms with Crippen molar-refractivity contribution in [3.63, 3.8) is 0 Å². The zero-order valence-electron chi connectivity index (χ0n) is 21.5. The first kappa shape index (κ1) is 25.7. The van der Waals surface area contributed by atoms with Crippen LogP contribution in [0.3, 0.4) is 0 Å². The van der Waals surface area contributed by atoms with Gasteiger partial charge in [-0.2, -0.15) is 0 Å². The quantitative estimate of drug-likeness (QED) is 0.385. The summed E-state index contributed by atoms with van der Waals surface area (Å²) >= 11 is 0. The third-order valence-corrected chi connectivity index (χ3v) is 7.38. The molecule has 188 valence electrons. The van der Waals surface area contributed by atoms with Gasteiger partial charge in [-0.25, -0.2) is 0 Å². The second-order valence-corrected chi connectivity index (χ2v) is 10.1. The molecule has 0 heterocycles. The summed E-state index contributed by atoms with van der Waals surface area (Å²) in [5.74, 6) is -0.146. The van der Waals surface area contributed by atoms with Gasteiger partial charge in [0.25, 0.3) is 0 Å². The van der Waals surface area contributed by atoms with Crippen LogP contribution in [-0.4, -0.2) is 28.8 Å². The van der Waals surface area contributed by atoms with Gasteiger partial charge in [0.05, 0.1) is 0 Å². The summed E-state index contributed by atoms with van der Waals surface area (Å²) < 4.78 is 0. The number of hydrogen-bond donors (Lipinski definition) is 1. The summed E-state index contributed by atoms with van der Waals surface area (Å²) in [5, 5.41) is 3.23. The average molecular weight is 483 g/mol. The van der Waals surface area contributed by atoms with Gasteiger partial charge in [-0.1, -0.05) is 110 Å². The number of carbonyl (C=O) groups is 2. The maximum atomic E-state index is 14.0. The summed E-state index contributed by atoms with van der Waals surface area (Å²) in [6, 6.07) is 28.2. The van der Waals surface area contributed by atoms with Gasteiger partial charge in [0.1, 0.15) is 6.04 Å². The minimum Gasteiger partial charge on any atom is -0.352 e. The molecular weight excluding hydrogens is 444 g/mol. The Hall–Kier alpha value is -3.40. The Bertz CT molecular complexity index is 1070. The number of hydrogen-bond acceptors (Lipinski definition) is 2. The Kier molecular flexibility index (Phi) is 8.94. The van der Waals surface area contributed by atoms with Crippen molar-refractivity contribution in [2.24, 2.45) is 0 Å². The van der Waals surface area contributed by atoms with Crippen LogP contribution in [0.25, 0.3) is 0 Å². The van der Waals surface area contributed by atoms with Crippen LogP contribution in [-0.2, 0) is 16.1 Å². The first-order chi connectivity index (χ1) is 17.5. The van der Waals surface area contributed by atoms with Crippen molar-refractivity contribution >= 4 is 11.8 Å². The molecule has 1 aliphatic rings. The van der Waals surface area contributed by atoms with Crippen molar-refractivity contribution in [2.45, 2.75) is 76.9 Å². The highest BCUT2D eigenvalue weighted by molar-refractivity contribution is 5.88. The van der Waals surface area contributed by atoms with Crippen LogP contribution in [0.15, 0.2) is 84.9 Å². The Labute approximate surface area is 215 Å². The average Bonchev–Trinajstić information content (AvgIpc) is 2.92. The maximum absolute atomic E-state index is 14.0. The highest BCUT2D eigenvalue weighted by Gasteiger charge is 2.30. The minimum absolute atomic E-state index is 0.0143. The third kappa shape index (κ3) is 6.84. The third-order valence-electron chi connectivity index (χ3n) is 7.38. The minimum atomic E-state index is -0.548. The highest BCUT2D eigenvalue weighted by Crippen LogP contribution is 2.29. The Morgan fingerprint density at radius 3 is 1.94 bits per heavy atom. The molecule has 0 bridgehead atoms. The van der Waals surface area contributed by atoms with E-state index in [-0.39, 0.29) is 23.8 Å². The first-order valence-electron chi connectivity index (χ1n) is 13.3. The lowest BCUT2D eigenvalue weighted by atomic mass is 9.88. The second-order valence-electron chi connectivity index (χ2n) is 10.1. The molecule has 0 radical (unpaired) electrons. The number of amides is 2. The standard InChI is InChI=1S/C32H38N2O2/c1-24-18-20-26(21-19-24)23-34(25(2)32(36)33-29-16-10-5-11-17-29)31(35)22-30(27-12-6-3-7-13-27)28-14-8-4-9-15-28/h3-4,6-9,12-15,18-21,25,29-30H,5,10-11,16-17,22-23H2,1-2H3,(H,33,36). The number of nitrogens with one attached hydrogen (secondary N) is 1. The molecule has 1 atom stereocenters. The van der Waals surface area contributed by atoms with Gasteiger partial charge >= 0.3 is 0 Å². The molecule has 1 fully saturated rings. The molecule has 1 N–H and O–H groups in total. The number of benzene rings is 3. The smallest absolute Gasteiger partial charge is 0.242 e. The van der Waals surface area contributed by atoms with Crippen LogP contribution in [0.1, 0.15) is 73.6 Å². The molecule has 0 spiro atoms. The van der Waals surface area contributed by atoms with E-state index in [4.69, 9.17) is 0 Å². The van der Waals surface area contributed by atoms with Crippen molar-refractivity contribution in [1.29, 1.82) is 0 Å². The fourth-order valence-electron chi connectivity index (χ4n) is 5.13. The van der Waals surface area contributed by atoms with Crippen molar-refractivity contribution < 1.29 is 9.59 Å². The van der Waals surface area contributed by atoms with E-state index in [1.807, 2.05) is 55.5 Å². The first-order valence-corrected chi connectivity index (χ1v) is 13.3. The van der Waals surface area contributed by atoms with Gasteiger partial charge in [0.2, 0.25) is 11.8 Å². The lowest BCUT2D eigenvalue weighted by Crippen LogP contribution is -2.50. The highest BCUT2D eigenvalue weighted by atomic mass is 16.2. The molecule has 2 amide bonds. The molecule has 3 aromatic carbocycles. The number of rotatable bonds is 9. The Morgan fingerprint density at radius 1 is 0.833 bits per heavy atom. The van der Waals surface area contributed by atoms with Crippen LogP contribution in [0.5, 0.6) is 0 Å². The SMILES string of the molecule is Cc1ccc(CN(C(=O)CC(c2ccccc2)c2ccccc2)C(C)C(=O)NC2CCCCC2)cc1. The summed E-state index contributed by atoms with van der Waals surface area (Å²) in [7, 11) is 0. The van der Waals surface area contributed by atoms with Gasteiger partial charge < -0.3 is 10.2 Å². The predicted octanol–water partition coefficient (Wildman–Crippen LogP) is 6.38. The fraction of sp³-hybridized carbons (Fsp3) is 0.375. The van der Waals surface area contributed by atoms with Crippen LogP contribution < -0.4 is 5.32 Å². The molecule has 1 saturated carbocycles. The van der Waals surface area contributed by atoms with Crippen molar-refractivity contribution in [3.05, 3.63) is 107 Å². The largest absolute Gasteiger partial charge is 0.352 e. The zero-order chi connectivity index (χ0) is 25.3. The molecule has 0 aromatic heterocycles. The van der Waals surface area contributed by atoms with Crippen LogP contribution in [0.2, 0.25) is 0 Å². The lowest BCUT2D eigenvalue weighted by Gasteiger charge is -2.32. The lowest BCUT2D eigenvalue weighted by molar-refractivity contribution is -0.141. The molecule has 0 saturated heterocycles. The van der Waals surface area contributed by atoms with Crippen molar-refractivity contribution in [2.75, 3.05) is 0 Å². The molecular formula is C32H38N2O2. The van der Waals surface area contributed by atoms with E-state index in [0.29, 0.717) is 13.0 Å². The van der Waals surface area contributed by atoms with Crippen LogP contribution in [0.4, 0.5) is 0 Å².